The molecule has 1 aromatic rings. The standard InChI is InChI=1S/C14H20O2/c1-10-6-11(2)8-12(7-10)9-16-13(15)14(3,4)5/h6-8H,9H2,1-5H3. The first-order valence-corrected chi connectivity index (χ1v) is 5.53. The van der Waals surface area contributed by atoms with E-state index in [1.165, 1.54) is 11.1 Å². The van der Waals surface area contributed by atoms with Gasteiger partial charge in [0.1, 0.15) is 6.61 Å². The Labute approximate surface area is 97.6 Å². The minimum Gasteiger partial charge on any atom is -0.460 e. The molecular formula is C14H20O2. The van der Waals surface area contributed by atoms with Crippen LogP contribution in [0.2, 0.25) is 0 Å². The van der Waals surface area contributed by atoms with Crippen LogP contribution in [0.15, 0.2) is 18.2 Å². The lowest BCUT2D eigenvalue weighted by Crippen LogP contribution is -2.22. The van der Waals surface area contributed by atoms with E-state index in [1.54, 1.807) is 0 Å². The summed E-state index contributed by atoms with van der Waals surface area (Å²) in [5, 5.41) is 0. The lowest BCUT2D eigenvalue weighted by atomic mass is 9.97. The van der Waals surface area contributed by atoms with E-state index >= 15 is 0 Å². The Morgan fingerprint density at radius 1 is 1.12 bits per heavy atom. The average molecular weight is 220 g/mol. The normalized spacial score (nSPS) is 11.3. The van der Waals surface area contributed by atoms with Gasteiger partial charge < -0.3 is 4.74 Å². The maximum atomic E-state index is 11.6. The zero-order chi connectivity index (χ0) is 12.3. The zero-order valence-corrected chi connectivity index (χ0v) is 10.8. The van der Waals surface area contributed by atoms with Crippen LogP contribution in [-0.2, 0) is 16.1 Å². The molecule has 1 aromatic carbocycles. The van der Waals surface area contributed by atoms with Crippen molar-refractivity contribution in [2.24, 2.45) is 5.41 Å². The quantitative estimate of drug-likeness (QED) is 0.714. The van der Waals surface area contributed by atoms with Gasteiger partial charge in [-0.3, -0.25) is 4.79 Å². The molecule has 0 radical (unpaired) electrons. The summed E-state index contributed by atoms with van der Waals surface area (Å²) in [7, 11) is 0. The Kier molecular flexibility index (Phi) is 3.74. The number of rotatable bonds is 2. The molecule has 88 valence electrons. The van der Waals surface area contributed by atoms with Crippen molar-refractivity contribution in [2.75, 3.05) is 0 Å². The van der Waals surface area contributed by atoms with E-state index < -0.39 is 5.41 Å². The van der Waals surface area contributed by atoms with Gasteiger partial charge in [0.2, 0.25) is 0 Å². The molecule has 0 bridgehead atoms. The number of esters is 1. The van der Waals surface area contributed by atoms with Crippen LogP contribution >= 0.6 is 0 Å². The Hall–Kier alpha value is -1.31. The molecule has 0 atom stereocenters. The molecule has 0 heterocycles. The van der Waals surface area contributed by atoms with E-state index in [0.717, 1.165) is 5.56 Å². The molecule has 2 heteroatoms. The fourth-order valence-electron chi connectivity index (χ4n) is 1.52. The lowest BCUT2D eigenvalue weighted by Gasteiger charge is -2.16. The summed E-state index contributed by atoms with van der Waals surface area (Å²) >= 11 is 0. The first kappa shape index (κ1) is 12.8. The van der Waals surface area contributed by atoms with E-state index in [0.29, 0.717) is 6.61 Å². The van der Waals surface area contributed by atoms with E-state index in [1.807, 2.05) is 46.8 Å². The molecule has 0 amide bonds. The van der Waals surface area contributed by atoms with Crippen LogP contribution in [0, 0.1) is 19.3 Å². The van der Waals surface area contributed by atoms with E-state index in [9.17, 15) is 4.79 Å². The highest BCUT2D eigenvalue weighted by Crippen LogP contribution is 2.17. The van der Waals surface area contributed by atoms with Gasteiger partial charge in [-0.05, 0) is 40.2 Å². The third kappa shape index (κ3) is 3.69. The Balaban J connectivity index is 2.65. The highest BCUT2D eigenvalue weighted by atomic mass is 16.5. The van der Waals surface area contributed by atoms with Crippen molar-refractivity contribution in [2.45, 2.75) is 41.2 Å². The van der Waals surface area contributed by atoms with Gasteiger partial charge in [0.05, 0.1) is 5.41 Å². The predicted octanol–water partition coefficient (Wildman–Crippen LogP) is 3.39. The molecule has 0 aliphatic heterocycles. The van der Waals surface area contributed by atoms with Crippen molar-refractivity contribution in [3.63, 3.8) is 0 Å². The van der Waals surface area contributed by atoms with E-state index in [-0.39, 0.29) is 5.97 Å². The number of aryl methyl sites for hydroxylation is 2. The predicted molar refractivity (Wildman–Crippen MR) is 65.2 cm³/mol. The first-order valence-electron chi connectivity index (χ1n) is 5.53. The maximum Gasteiger partial charge on any atom is 0.311 e. The minimum atomic E-state index is -0.432. The van der Waals surface area contributed by atoms with Gasteiger partial charge >= 0.3 is 5.97 Å². The molecule has 0 unspecified atom stereocenters. The van der Waals surface area contributed by atoms with Gasteiger partial charge in [0.15, 0.2) is 0 Å². The van der Waals surface area contributed by atoms with Crippen molar-refractivity contribution >= 4 is 5.97 Å². The van der Waals surface area contributed by atoms with Crippen molar-refractivity contribution in [3.05, 3.63) is 34.9 Å². The van der Waals surface area contributed by atoms with Gasteiger partial charge in [-0.25, -0.2) is 0 Å². The topological polar surface area (TPSA) is 26.3 Å². The first-order chi connectivity index (χ1) is 7.29. The summed E-state index contributed by atoms with van der Waals surface area (Å²) < 4.78 is 5.26. The van der Waals surface area contributed by atoms with Crippen LogP contribution in [0.1, 0.15) is 37.5 Å². The van der Waals surface area contributed by atoms with Gasteiger partial charge in [-0.15, -0.1) is 0 Å². The smallest absolute Gasteiger partial charge is 0.311 e. The second kappa shape index (κ2) is 4.69. The fraction of sp³-hybridized carbons (Fsp3) is 0.500. The van der Waals surface area contributed by atoms with Crippen LogP contribution in [0.3, 0.4) is 0 Å². The number of carbonyl (C=O) groups is 1. The van der Waals surface area contributed by atoms with E-state index in [2.05, 4.69) is 6.07 Å². The lowest BCUT2D eigenvalue weighted by molar-refractivity contribution is -0.154. The molecule has 0 aromatic heterocycles. The van der Waals surface area contributed by atoms with Crippen molar-refractivity contribution in [1.29, 1.82) is 0 Å². The molecule has 1 rings (SSSR count). The molecule has 0 fully saturated rings. The minimum absolute atomic E-state index is 0.161. The zero-order valence-electron chi connectivity index (χ0n) is 10.8. The van der Waals surface area contributed by atoms with Crippen LogP contribution in [0.4, 0.5) is 0 Å². The number of ether oxygens (including phenoxy) is 1. The van der Waals surface area contributed by atoms with Gasteiger partial charge in [0.25, 0.3) is 0 Å². The molecule has 0 spiro atoms. The second-order valence-electron chi connectivity index (χ2n) is 5.32. The Morgan fingerprint density at radius 3 is 2.06 bits per heavy atom. The largest absolute Gasteiger partial charge is 0.460 e. The summed E-state index contributed by atoms with van der Waals surface area (Å²) in [4.78, 5) is 11.6. The molecule has 0 saturated heterocycles. The molecule has 0 aliphatic carbocycles. The van der Waals surface area contributed by atoms with E-state index in [4.69, 9.17) is 4.74 Å². The summed E-state index contributed by atoms with van der Waals surface area (Å²) in [5.74, 6) is -0.161. The molecule has 16 heavy (non-hydrogen) atoms. The van der Waals surface area contributed by atoms with Gasteiger partial charge in [-0.1, -0.05) is 29.3 Å². The number of hydrogen-bond donors (Lipinski definition) is 0. The number of carbonyl (C=O) groups excluding carboxylic acids is 1. The third-order valence-corrected chi connectivity index (χ3v) is 2.26. The SMILES string of the molecule is Cc1cc(C)cc(COC(=O)C(C)(C)C)c1. The number of hydrogen-bond acceptors (Lipinski definition) is 2. The number of benzene rings is 1. The molecule has 0 saturated carbocycles. The Morgan fingerprint density at radius 2 is 1.62 bits per heavy atom. The maximum absolute atomic E-state index is 11.6. The van der Waals surface area contributed by atoms with Gasteiger partial charge in [0, 0.05) is 0 Å². The van der Waals surface area contributed by atoms with Crippen molar-refractivity contribution in [3.8, 4) is 0 Å². The van der Waals surface area contributed by atoms with Gasteiger partial charge in [-0.2, -0.15) is 0 Å². The molecular weight excluding hydrogens is 200 g/mol. The molecule has 0 aliphatic rings. The summed E-state index contributed by atoms with van der Waals surface area (Å²) in [6, 6.07) is 6.20. The monoisotopic (exact) mass is 220 g/mol. The van der Waals surface area contributed by atoms with Crippen LogP contribution in [0.25, 0.3) is 0 Å². The van der Waals surface area contributed by atoms with Crippen LogP contribution < -0.4 is 0 Å². The highest BCUT2D eigenvalue weighted by Gasteiger charge is 2.22. The van der Waals surface area contributed by atoms with Crippen molar-refractivity contribution in [1.82, 2.24) is 0 Å². The highest BCUT2D eigenvalue weighted by molar-refractivity contribution is 5.75. The fourth-order valence-corrected chi connectivity index (χ4v) is 1.52. The average Bonchev–Trinajstić information content (AvgIpc) is 2.11. The molecule has 0 N–H and O–H groups in total. The summed E-state index contributed by atoms with van der Waals surface area (Å²) in [5.41, 5.74) is 3.01. The summed E-state index contributed by atoms with van der Waals surface area (Å²) in [6.45, 7) is 10.0. The second-order valence-corrected chi connectivity index (χ2v) is 5.32. The van der Waals surface area contributed by atoms with Crippen molar-refractivity contribution < 1.29 is 9.53 Å². The van der Waals surface area contributed by atoms with Crippen LogP contribution in [0.5, 0.6) is 0 Å². The summed E-state index contributed by atoms with van der Waals surface area (Å²) in [6.07, 6.45) is 0. The van der Waals surface area contributed by atoms with Crippen LogP contribution in [-0.4, -0.2) is 5.97 Å². The Bertz CT molecular complexity index is 366. The molecule has 2 nitrogen and oxygen atoms in total. The third-order valence-electron chi connectivity index (χ3n) is 2.26.